The third-order valence-corrected chi connectivity index (χ3v) is 2.88. The van der Waals surface area contributed by atoms with Crippen LogP contribution in [0.5, 0.6) is 0 Å². The third kappa shape index (κ3) is 2.22. The van der Waals surface area contributed by atoms with E-state index in [9.17, 15) is 9.36 Å². The van der Waals surface area contributed by atoms with Gasteiger partial charge < -0.3 is 14.2 Å². The van der Waals surface area contributed by atoms with Crippen molar-refractivity contribution >= 4 is 18.6 Å². The molecule has 0 spiro atoms. The minimum Gasteiger partial charge on any atom is -0.464 e. The van der Waals surface area contributed by atoms with Gasteiger partial charge in [0.25, 0.3) is 0 Å². The lowest BCUT2D eigenvalue weighted by Crippen LogP contribution is -2.08. The van der Waals surface area contributed by atoms with Crippen molar-refractivity contribution in [3.8, 4) is 0 Å². The number of hydrogen-bond donors (Lipinski definition) is 2. The first-order valence-corrected chi connectivity index (χ1v) is 6.31. The van der Waals surface area contributed by atoms with Crippen molar-refractivity contribution in [2.24, 2.45) is 0 Å². The highest BCUT2D eigenvalue weighted by Crippen LogP contribution is 2.38. The topological polar surface area (TPSA) is 87.7 Å². The number of para-hydroxylation sites is 1. The van der Waals surface area contributed by atoms with Crippen LogP contribution in [0.1, 0.15) is 5.56 Å². The first-order valence-electron chi connectivity index (χ1n) is 4.51. The number of hydrogen-bond acceptors (Lipinski definition) is 3. The van der Waals surface area contributed by atoms with E-state index >= 15 is 0 Å². The standard InChI is InChI=1S/C10H9O5P/c11-10-7(6-16(12,13)14)5-15-9-4-2-1-3-8(9)10/h1-5H,6H2,(H2,12,13,14). The number of benzene rings is 1. The lowest BCUT2D eigenvalue weighted by Gasteiger charge is -2.03. The molecule has 0 amide bonds. The maximum absolute atomic E-state index is 11.8. The average molecular weight is 240 g/mol. The summed E-state index contributed by atoms with van der Waals surface area (Å²) in [6, 6.07) is 6.57. The summed E-state index contributed by atoms with van der Waals surface area (Å²) in [5.41, 5.74) is -0.000768. The van der Waals surface area contributed by atoms with Gasteiger partial charge in [0, 0.05) is 5.56 Å². The van der Waals surface area contributed by atoms with Gasteiger partial charge in [0.1, 0.15) is 5.58 Å². The third-order valence-electron chi connectivity index (χ3n) is 2.13. The van der Waals surface area contributed by atoms with Gasteiger partial charge in [-0.15, -0.1) is 0 Å². The minimum absolute atomic E-state index is 0.00738. The van der Waals surface area contributed by atoms with Gasteiger partial charge in [0.2, 0.25) is 0 Å². The zero-order valence-electron chi connectivity index (χ0n) is 8.16. The van der Waals surface area contributed by atoms with Crippen molar-refractivity contribution in [3.05, 3.63) is 46.3 Å². The van der Waals surface area contributed by atoms with Crippen LogP contribution in [-0.4, -0.2) is 9.79 Å². The zero-order valence-corrected chi connectivity index (χ0v) is 9.05. The Morgan fingerprint density at radius 3 is 2.62 bits per heavy atom. The first-order chi connectivity index (χ1) is 7.47. The Balaban J connectivity index is 2.62. The summed E-state index contributed by atoms with van der Waals surface area (Å²) in [6.45, 7) is 0. The molecule has 2 N–H and O–H groups in total. The highest BCUT2D eigenvalue weighted by Gasteiger charge is 2.18. The first kappa shape index (κ1) is 11.1. The predicted octanol–water partition coefficient (Wildman–Crippen LogP) is 1.47. The second-order valence-corrected chi connectivity index (χ2v) is 5.05. The lowest BCUT2D eigenvalue weighted by molar-refractivity contribution is 0.371. The maximum Gasteiger partial charge on any atom is 0.330 e. The van der Waals surface area contributed by atoms with Gasteiger partial charge in [0.05, 0.1) is 17.8 Å². The molecule has 2 rings (SSSR count). The Kier molecular flexibility index (Phi) is 2.68. The predicted molar refractivity (Wildman–Crippen MR) is 58.2 cm³/mol. The van der Waals surface area contributed by atoms with Crippen LogP contribution in [0.2, 0.25) is 0 Å². The lowest BCUT2D eigenvalue weighted by atomic mass is 10.2. The van der Waals surface area contributed by atoms with Crippen molar-refractivity contribution in [3.63, 3.8) is 0 Å². The molecule has 0 aliphatic carbocycles. The molecular weight excluding hydrogens is 231 g/mol. The van der Waals surface area contributed by atoms with Crippen LogP contribution in [0, 0.1) is 0 Å². The molecular formula is C10H9O5P. The van der Waals surface area contributed by atoms with E-state index in [1.54, 1.807) is 24.3 Å². The Morgan fingerprint density at radius 1 is 1.25 bits per heavy atom. The summed E-state index contributed by atoms with van der Waals surface area (Å²) in [4.78, 5) is 29.4. The average Bonchev–Trinajstić information content (AvgIpc) is 2.21. The molecule has 6 heteroatoms. The van der Waals surface area contributed by atoms with E-state index in [2.05, 4.69) is 0 Å². The number of fused-ring (bicyclic) bond motifs is 1. The Morgan fingerprint density at radius 2 is 1.94 bits per heavy atom. The zero-order chi connectivity index (χ0) is 11.8. The van der Waals surface area contributed by atoms with E-state index in [1.165, 1.54) is 0 Å². The van der Waals surface area contributed by atoms with Crippen LogP contribution < -0.4 is 5.43 Å². The van der Waals surface area contributed by atoms with E-state index in [4.69, 9.17) is 14.2 Å². The molecule has 2 aromatic rings. The Bertz CT molecular complexity index is 624. The normalized spacial score (nSPS) is 11.9. The Hall–Kier alpha value is -1.42. The van der Waals surface area contributed by atoms with Crippen molar-refractivity contribution < 1.29 is 18.8 Å². The molecule has 0 aliphatic heterocycles. The minimum atomic E-state index is -4.25. The molecule has 0 radical (unpaired) electrons. The molecule has 16 heavy (non-hydrogen) atoms. The van der Waals surface area contributed by atoms with Gasteiger partial charge in [0.15, 0.2) is 5.43 Å². The fourth-order valence-corrected chi connectivity index (χ4v) is 2.11. The fraction of sp³-hybridized carbons (Fsp3) is 0.100. The highest BCUT2D eigenvalue weighted by atomic mass is 31.2. The van der Waals surface area contributed by atoms with E-state index < -0.39 is 19.2 Å². The van der Waals surface area contributed by atoms with Crippen molar-refractivity contribution in [2.45, 2.75) is 6.16 Å². The SMILES string of the molecule is O=c1c(CP(=O)(O)O)coc2ccccc12. The molecule has 0 saturated heterocycles. The van der Waals surface area contributed by atoms with Gasteiger partial charge >= 0.3 is 7.60 Å². The van der Waals surface area contributed by atoms with E-state index in [0.29, 0.717) is 11.0 Å². The smallest absolute Gasteiger partial charge is 0.330 e. The molecule has 0 unspecified atom stereocenters. The van der Waals surface area contributed by atoms with Crippen LogP contribution in [-0.2, 0) is 10.7 Å². The maximum atomic E-state index is 11.8. The molecule has 1 aromatic carbocycles. The monoisotopic (exact) mass is 240 g/mol. The van der Waals surface area contributed by atoms with E-state index in [1.807, 2.05) is 0 Å². The van der Waals surface area contributed by atoms with E-state index in [-0.39, 0.29) is 5.56 Å². The Labute approximate surface area is 90.5 Å². The quantitative estimate of drug-likeness (QED) is 0.776. The summed E-state index contributed by atoms with van der Waals surface area (Å²) in [6.07, 6.45) is 0.504. The number of rotatable bonds is 2. The van der Waals surface area contributed by atoms with Crippen molar-refractivity contribution in [1.29, 1.82) is 0 Å². The van der Waals surface area contributed by atoms with Gasteiger partial charge in [-0.05, 0) is 12.1 Å². The van der Waals surface area contributed by atoms with Crippen LogP contribution >= 0.6 is 7.60 Å². The molecule has 1 heterocycles. The summed E-state index contributed by atoms with van der Waals surface area (Å²) < 4.78 is 15.9. The van der Waals surface area contributed by atoms with E-state index in [0.717, 1.165) is 6.26 Å². The molecule has 0 saturated carbocycles. The van der Waals surface area contributed by atoms with Gasteiger partial charge in [-0.25, -0.2) is 0 Å². The fourth-order valence-electron chi connectivity index (χ4n) is 1.45. The molecule has 0 atom stereocenters. The molecule has 0 fully saturated rings. The molecule has 1 aromatic heterocycles. The largest absolute Gasteiger partial charge is 0.464 e. The van der Waals surface area contributed by atoms with Gasteiger partial charge in [-0.2, -0.15) is 0 Å². The highest BCUT2D eigenvalue weighted by molar-refractivity contribution is 7.50. The summed E-state index contributed by atoms with van der Waals surface area (Å²) in [7, 11) is -4.25. The van der Waals surface area contributed by atoms with Gasteiger partial charge in [-0.1, -0.05) is 12.1 Å². The van der Waals surface area contributed by atoms with Crippen LogP contribution in [0.3, 0.4) is 0 Å². The summed E-state index contributed by atoms with van der Waals surface area (Å²) >= 11 is 0. The summed E-state index contributed by atoms with van der Waals surface area (Å²) in [5.74, 6) is 0. The van der Waals surface area contributed by atoms with Crippen LogP contribution in [0.15, 0.2) is 39.7 Å². The molecule has 0 aliphatic rings. The van der Waals surface area contributed by atoms with Crippen molar-refractivity contribution in [2.75, 3.05) is 0 Å². The molecule has 84 valence electrons. The van der Waals surface area contributed by atoms with Gasteiger partial charge in [-0.3, -0.25) is 9.36 Å². The molecule has 5 nitrogen and oxygen atoms in total. The molecule has 0 bridgehead atoms. The summed E-state index contributed by atoms with van der Waals surface area (Å²) in [5, 5.41) is 0.327. The van der Waals surface area contributed by atoms with Crippen LogP contribution in [0.4, 0.5) is 0 Å². The van der Waals surface area contributed by atoms with Crippen molar-refractivity contribution in [1.82, 2.24) is 0 Å². The second kappa shape index (κ2) is 3.87. The van der Waals surface area contributed by atoms with Crippen LogP contribution in [0.25, 0.3) is 11.0 Å². The second-order valence-electron chi connectivity index (χ2n) is 3.41.